The molecule has 11 heteroatoms. The van der Waals surface area contributed by atoms with Crippen LogP contribution in [-0.4, -0.2) is 95.7 Å². The summed E-state index contributed by atoms with van der Waals surface area (Å²) in [5.74, 6) is 0.357. The molecule has 2 saturated heterocycles. The Kier molecular flexibility index (Phi) is 8.80. The van der Waals surface area contributed by atoms with E-state index < -0.39 is 5.60 Å². The number of urea groups is 1. The van der Waals surface area contributed by atoms with Crippen molar-refractivity contribution in [1.29, 1.82) is 0 Å². The molecule has 2 N–H and O–H groups in total. The summed E-state index contributed by atoms with van der Waals surface area (Å²) in [5.41, 5.74) is -0.293. The van der Waals surface area contributed by atoms with Crippen molar-refractivity contribution in [1.82, 2.24) is 20.0 Å². The fourth-order valence-corrected chi connectivity index (χ4v) is 4.54. The van der Waals surface area contributed by atoms with Gasteiger partial charge >= 0.3 is 6.03 Å². The van der Waals surface area contributed by atoms with Gasteiger partial charge in [-0.1, -0.05) is 12.1 Å². The number of nitrogens with zero attached hydrogens (tertiary/aromatic N) is 3. The number of aliphatic hydroxyl groups is 1. The average molecular weight is 529 g/mol. The molecule has 2 aliphatic heterocycles. The Bertz CT molecular complexity index is 1130. The van der Waals surface area contributed by atoms with Gasteiger partial charge < -0.3 is 24.4 Å². The van der Waals surface area contributed by atoms with Gasteiger partial charge in [0.2, 0.25) is 11.8 Å². The molecule has 0 aromatic heterocycles. The second-order valence-corrected chi connectivity index (χ2v) is 9.74. The van der Waals surface area contributed by atoms with Crippen LogP contribution in [0.1, 0.15) is 18.9 Å². The number of benzene rings is 2. The zero-order valence-electron chi connectivity index (χ0n) is 21.4. The minimum absolute atomic E-state index is 0.0427. The quantitative estimate of drug-likeness (QED) is 0.356. The highest BCUT2D eigenvalue weighted by Crippen LogP contribution is 2.21. The fourth-order valence-electron chi connectivity index (χ4n) is 4.54. The molecule has 38 heavy (non-hydrogen) atoms. The van der Waals surface area contributed by atoms with Gasteiger partial charge in [-0.15, -0.1) is 0 Å². The minimum Gasteiger partial charge on any atom is -0.494 e. The zero-order chi connectivity index (χ0) is 27.1. The van der Waals surface area contributed by atoms with Gasteiger partial charge in [0.1, 0.15) is 36.1 Å². The summed E-state index contributed by atoms with van der Waals surface area (Å²) in [6.07, 6.45) is 0.599. The number of hydrogen-bond donors (Lipinski definition) is 2. The van der Waals surface area contributed by atoms with Crippen LogP contribution in [0.2, 0.25) is 0 Å². The monoisotopic (exact) mass is 528 g/mol. The van der Waals surface area contributed by atoms with Crippen LogP contribution in [0.15, 0.2) is 48.5 Å². The number of rotatable bonds is 10. The smallest absolute Gasteiger partial charge is 0.324 e. The lowest BCUT2D eigenvalue weighted by atomic mass is 10.0. The molecule has 0 saturated carbocycles. The van der Waals surface area contributed by atoms with Crippen molar-refractivity contribution in [2.45, 2.75) is 25.5 Å². The number of β-amino-alcohol motifs (C(OH)–C–C–N with tert-alkyl or cyclic N) is 1. The Hall–Kier alpha value is -3.70. The first kappa shape index (κ1) is 27.3. The maximum Gasteiger partial charge on any atom is 0.324 e. The van der Waals surface area contributed by atoms with E-state index in [-0.39, 0.29) is 43.4 Å². The average Bonchev–Trinajstić information content (AvgIpc) is 3.10. The molecule has 2 aromatic rings. The SMILES string of the molecule is CC(=O)N1CCN(Cc2ccc(OCCCN3CC(=O)NC3=O)cc2)CC(O)(COc2ccc(F)cc2)C1. The Morgan fingerprint density at radius 3 is 2.37 bits per heavy atom. The van der Waals surface area contributed by atoms with Crippen molar-refractivity contribution in [3.63, 3.8) is 0 Å². The number of carbonyl (C=O) groups is 3. The lowest BCUT2D eigenvalue weighted by Crippen LogP contribution is -2.51. The van der Waals surface area contributed by atoms with Crippen LogP contribution < -0.4 is 14.8 Å². The Labute approximate surface area is 220 Å². The fraction of sp³-hybridized carbons (Fsp3) is 0.444. The molecule has 0 aliphatic carbocycles. The third-order valence-corrected chi connectivity index (χ3v) is 6.49. The molecule has 1 atom stereocenters. The molecule has 2 aliphatic rings. The van der Waals surface area contributed by atoms with Crippen molar-refractivity contribution in [2.75, 3.05) is 52.5 Å². The van der Waals surface area contributed by atoms with Gasteiger partial charge in [-0.05, 0) is 48.4 Å². The van der Waals surface area contributed by atoms with E-state index in [1.54, 1.807) is 4.90 Å². The van der Waals surface area contributed by atoms with Gasteiger partial charge in [-0.2, -0.15) is 0 Å². The molecule has 204 valence electrons. The first-order valence-corrected chi connectivity index (χ1v) is 12.6. The van der Waals surface area contributed by atoms with Gasteiger partial charge in [-0.3, -0.25) is 19.8 Å². The van der Waals surface area contributed by atoms with E-state index in [2.05, 4.69) is 10.2 Å². The standard InChI is InChI=1S/C27H33FN4O6/c1-20(33)32-13-12-30(17-27(36,18-32)19-38-24-9-5-22(28)6-10-24)15-21-3-7-23(8-4-21)37-14-2-11-31-16-25(34)29-26(31)35/h3-10,36H,2,11-19H2,1H3,(H,29,34,35). The molecule has 0 radical (unpaired) electrons. The van der Waals surface area contributed by atoms with Gasteiger partial charge in [0.05, 0.1) is 13.2 Å². The van der Waals surface area contributed by atoms with Gasteiger partial charge in [0.25, 0.3) is 0 Å². The van der Waals surface area contributed by atoms with Crippen LogP contribution in [0.5, 0.6) is 11.5 Å². The third-order valence-electron chi connectivity index (χ3n) is 6.49. The summed E-state index contributed by atoms with van der Waals surface area (Å²) in [4.78, 5) is 40.1. The van der Waals surface area contributed by atoms with Crippen molar-refractivity contribution in [2.24, 2.45) is 0 Å². The first-order valence-electron chi connectivity index (χ1n) is 12.6. The van der Waals surface area contributed by atoms with E-state index in [1.165, 1.54) is 36.1 Å². The van der Waals surface area contributed by atoms with Crippen LogP contribution >= 0.6 is 0 Å². The number of nitrogens with one attached hydrogen (secondary N) is 1. The summed E-state index contributed by atoms with van der Waals surface area (Å²) in [5, 5.41) is 13.7. The molecule has 0 spiro atoms. The molecule has 2 aromatic carbocycles. The maximum atomic E-state index is 13.2. The van der Waals surface area contributed by atoms with Gasteiger partial charge in [-0.25, -0.2) is 9.18 Å². The summed E-state index contributed by atoms with van der Waals surface area (Å²) < 4.78 is 24.7. The molecule has 0 bridgehead atoms. The van der Waals surface area contributed by atoms with Crippen LogP contribution in [0.25, 0.3) is 0 Å². The van der Waals surface area contributed by atoms with Gasteiger partial charge in [0.15, 0.2) is 0 Å². The van der Waals surface area contributed by atoms with Crippen LogP contribution in [0.4, 0.5) is 9.18 Å². The molecule has 4 amide bonds. The summed E-state index contributed by atoms with van der Waals surface area (Å²) in [6, 6.07) is 12.9. The van der Waals surface area contributed by atoms with E-state index >= 15 is 0 Å². The number of halogens is 1. The van der Waals surface area contributed by atoms with E-state index in [4.69, 9.17) is 9.47 Å². The molecular weight excluding hydrogens is 495 g/mol. The summed E-state index contributed by atoms with van der Waals surface area (Å²) in [7, 11) is 0. The predicted octanol–water partition coefficient (Wildman–Crippen LogP) is 1.62. The second-order valence-electron chi connectivity index (χ2n) is 9.74. The van der Waals surface area contributed by atoms with E-state index in [1.807, 2.05) is 24.3 Å². The molecular formula is C27H33FN4O6. The molecule has 2 fully saturated rings. The number of hydrogen-bond acceptors (Lipinski definition) is 7. The van der Waals surface area contributed by atoms with E-state index in [0.717, 1.165) is 5.56 Å². The Balaban J connectivity index is 1.30. The number of carbonyl (C=O) groups excluding carboxylic acids is 3. The van der Waals surface area contributed by atoms with Crippen molar-refractivity contribution in [3.05, 3.63) is 59.9 Å². The van der Waals surface area contributed by atoms with E-state index in [0.29, 0.717) is 57.3 Å². The topological polar surface area (TPSA) is 112 Å². The Morgan fingerprint density at radius 1 is 1.03 bits per heavy atom. The lowest BCUT2D eigenvalue weighted by Gasteiger charge is -2.32. The molecule has 2 heterocycles. The van der Waals surface area contributed by atoms with Crippen molar-refractivity contribution >= 4 is 17.8 Å². The first-order chi connectivity index (χ1) is 18.2. The Morgan fingerprint density at radius 2 is 1.71 bits per heavy atom. The summed E-state index contributed by atoms with van der Waals surface area (Å²) >= 11 is 0. The highest BCUT2D eigenvalue weighted by molar-refractivity contribution is 6.01. The van der Waals surface area contributed by atoms with Gasteiger partial charge in [0, 0.05) is 39.6 Å². The zero-order valence-corrected chi connectivity index (χ0v) is 21.4. The highest BCUT2D eigenvalue weighted by Gasteiger charge is 2.37. The third kappa shape index (κ3) is 7.65. The number of imide groups is 1. The number of ether oxygens (including phenoxy) is 2. The molecule has 1 unspecified atom stereocenters. The van der Waals surface area contributed by atoms with Crippen molar-refractivity contribution in [3.8, 4) is 11.5 Å². The predicted molar refractivity (Wildman–Crippen MR) is 136 cm³/mol. The number of amides is 4. The maximum absolute atomic E-state index is 13.2. The van der Waals surface area contributed by atoms with E-state index in [9.17, 15) is 23.9 Å². The minimum atomic E-state index is -1.31. The highest BCUT2D eigenvalue weighted by atomic mass is 19.1. The van der Waals surface area contributed by atoms with Crippen molar-refractivity contribution < 1.29 is 33.4 Å². The summed E-state index contributed by atoms with van der Waals surface area (Å²) in [6.45, 7) is 4.43. The van der Waals surface area contributed by atoms with Crippen LogP contribution in [0, 0.1) is 5.82 Å². The lowest BCUT2D eigenvalue weighted by molar-refractivity contribution is -0.132. The largest absolute Gasteiger partial charge is 0.494 e. The molecule has 4 rings (SSSR count). The van der Waals surface area contributed by atoms with Crippen LogP contribution in [0.3, 0.4) is 0 Å². The van der Waals surface area contributed by atoms with Crippen LogP contribution in [-0.2, 0) is 16.1 Å². The molecule has 10 nitrogen and oxygen atoms in total. The second kappa shape index (κ2) is 12.2. The normalized spacial score (nSPS) is 20.3.